The molecule has 3 rings (SSSR count). The van der Waals surface area contributed by atoms with Gasteiger partial charge in [-0.15, -0.1) is 45.5 Å². The molecule has 3 aromatic rings. The summed E-state index contributed by atoms with van der Waals surface area (Å²) in [5.41, 5.74) is 1.03. The van der Waals surface area contributed by atoms with Gasteiger partial charge in [0.2, 0.25) is 0 Å². The van der Waals surface area contributed by atoms with Crippen LogP contribution >= 0.6 is 35.3 Å². The van der Waals surface area contributed by atoms with Crippen molar-refractivity contribution in [1.29, 1.82) is 0 Å². The van der Waals surface area contributed by atoms with Gasteiger partial charge >= 0.3 is 0 Å². The van der Waals surface area contributed by atoms with Crippen LogP contribution in [0.4, 0.5) is 0 Å². The summed E-state index contributed by atoms with van der Waals surface area (Å²) in [4.78, 5) is 10.4. The second-order valence-corrected chi connectivity index (χ2v) is 7.10. The molecular formula is C19H26IN7S. The maximum Gasteiger partial charge on any atom is 0.191 e. The highest BCUT2D eigenvalue weighted by Crippen LogP contribution is 2.13. The molecule has 0 fully saturated rings. The van der Waals surface area contributed by atoms with Crippen molar-refractivity contribution < 1.29 is 0 Å². The standard InChI is InChI=1S/C19H25N7S.HI/c1-3-16-12-22-18(27-16)10-11-21-19(20-4-2)23-13-17-25-24-14-26(17)15-8-6-5-7-9-15;/h5-9,12,14H,3-4,10-11,13H2,1-2H3,(H2,20,21,23);1H. The highest BCUT2D eigenvalue weighted by molar-refractivity contribution is 14.0. The summed E-state index contributed by atoms with van der Waals surface area (Å²) in [6.07, 6.45) is 5.61. The summed E-state index contributed by atoms with van der Waals surface area (Å²) in [7, 11) is 0. The molecule has 0 unspecified atom stereocenters. The van der Waals surface area contributed by atoms with Crippen LogP contribution in [0.3, 0.4) is 0 Å². The molecule has 0 saturated carbocycles. The summed E-state index contributed by atoms with van der Waals surface area (Å²) < 4.78 is 1.95. The van der Waals surface area contributed by atoms with Crippen molar-refractivity contribution in [3.8, 4) is 5.69 Å². The van der Waals surface area contributed by atoms with Crippen molar-refractivity contribution >= 4 is 41.3 Å². The zero-order valence-corrected chi connectivity index (χ0v) is 19.3. The zero-order chi connectivity index (χ0) is 18.9. The van der Waals surface area contributed by atoms with E-state index >= 15 is 0 Å². The van der Waals surface area contributed by atoms with Crippen LogP contribution in [-0.4, -0.2) is 38.8 Å². The first kappa shape index (κ1) is 22.3. The highest BCUT2D eigenvalue weighted by Gasteiger charge is 2.07. The van der Waals surface area contributed by atoms with Gasteiger partial charge in [0.25, 0.3) is 0 Å². The molecule has 0 radical (unpaired) electrons. The van der Waals surface area contributed by atoms with E-state index in [1.807, 2.05) is 41.1 Å². The molecular weight excluding hydrogens is 485 g/mol. The van der Waals surface area contributed by atoms with E-state index in [0.717, 1.165) is 48.4 Å². The Morgan fingerprint density at radius 3 is 2.71 bits per heavy atom. The smallest absolute Gasteiger partial charge is 0.191 e. The average molecular weight is 511 g/mol. The summed E-state index contributed by atoms with van der Waals surface area (Å²) >= 11 is 1.78. The molecule has 0 aliphatic rings. The van der Waals surface area contributed by atoms with Crippen molar-refractivity contribution in [2.75, 3.05) is 13.1 Å². The van der Waals surface area contributed by atoms with Crippen molar-refractivity contribution in [2.45, 2.75) is 33.2 Å². The van der Waals surface area contributed by atoms with Crippen LogP contribution < -0.4 is 10.6 Å². The number of hydrogen-bond donors (Lipinski definition) is 2. The van der Waals surface area contributed by atoms with Crippen LogP contribution in [0.5, 0.6) is 0 Å². The molecule has 9 heteroatoms. The minimum absolute atomic E-state index is 0. The maximum atomic E-state index is 4.65. The molecule has 1 aromatic carbocycles. The number of aliphatic imine (C=N–C) groups is 1. The maximum absolute atomic E-state index is 4.65. The fourth-order valence-electron chi connectivity index (χ4n) is 2.58. The topological polar surface area (TPSA) is 80.0 Å². The van der Waals surface area contributed by atoms with Crippen LogP contribution in [0.2, 0.25) is 0 Å². The van der Waals surface area contributed by atoms with Crippen molar-refractivity contribution in [3.05, 3.63) is 58.6 Å². The third-order valence-corrected chi connectivity index (χ3v) is 5.16. The lowest BCUT2D eigenvalue weighted by Gasteiger charge is -2.11. The Kier molecular flexibility index (Phi) is 9.35. The van der Waals surface area contributed by atoms with E-state index in [0.29, 0.717) is 6.54 Å². The normalized spacial score (nSPS) is 11.1. The van der Waals surface area contributed by atoms with Crippen LogP contribution in [-0.2, 0) is 19.4 Å². The predicted octanol–water partition coefficient (Wildman–Crippen LogP) is 3.20. The van der Waals surface area contributed by atoms with E-state index in [9.17, 15) is 0 Å². The van der Waals surface area contributed by atoms with Gasteiger partial charge in [-0.2, -0.15) is 0 Å². The minimum Gasteiger partial charge on any atom is -0.357 e. The second-order valence-electron chi connectivity index (χ2n) is 5.90. The second kappa shape index (κ2) is 11.7. The summed E-state index contributed by atoms with van der Waals surface area (Å²) in [5, 5.41) is 16.0. The number of benzene rings is 1. The molecule has 0 atom stereocenters. The number of rotatable bonds is 8. The van der Waals surface area contributed by atoms with Crippen molar-refractivity contribution in [2.24, 2.45) is 4.99 Å². The Balaban J connectivity index is 0.00000280. The van der Waals surface area contributed by atoms with Gasteiger partial charge in [-0.3, -0.25) is 4.57 Å². The Hall–Kier alpha value is -2.01. The van der Waals surface area contributed by atoms with Gasteiger partial charge in [0.15, 0.2) is 11.8 Å². The number of aromatic nitrogens is 4. The molecule has 150 valence electrons. The number of nitrogens with one attached hydrogen (secondary N) is 2. The molecule has 28 heavy (non-hydrogen) atoms. The number of halogens is 1. The number of hydrogen-bond acceptors (Lipinski definition) is 5. The van der Waals surface area contributed by atoms with Gasteiger partial charge in [-0.05, 0) is 25.5 Å². The van der Waals surface area contributed by atoms with Crippen LogP contribution in [0, 0.1) is 0 Å². The molecule has 2 heterocycles. The molecule has 0 bridgehead atoms. The average Bonchev–Trinajstić information content (AvgIpc) is 3.36. The third-order valence-electron chi connectivity index (χ3n) is 3.96. The van der Waals surface area contributed by atoms with Gasteiger partial charge < -0.3 is 10.6 Å². The third kappa shape index (κ3) is 6.26. The number of nitrogens with zero attached hydrogens (tertiary/aromatic N) is 5. The first-order valence-electron chi connectivity index (χ1n) is 9.20. The zero-order valence-electron chi connectivity index (χ0n) is 16.1. The minimum atomic E-state index is 0. The first-order chi connectivity index (χ1) is 13.3. The van der Waals surface area contributed by atoms with E-state index in [4.69, 9.17) is 0 Å². The number of thiazole rings is 1. The highest BCUT2D eigenvalue weighted by atomic mass is 127. The van der Waals surface area contributed by atoms with Gasteiger partial charge in [0.05, 0.1) is 5.01 Å². The molecule has 2 N–H and O–H groups in total. The number of aryl methyl sites for hydroxylation is 1. The fraction of sp³-hybridized carbons (Fsp3) is 0.368. The molecule has 0 amide bonds. The molecule has 0 saturated heterocycles. The molecule has 0 aliphatic carbocycles. The lowest BCUT2D eigenvalue weighted by molar-refractivity contribution is 0.782. The largest absolute Gasteiger partial charge is 0.357 e. The lowest BCUT2D eigenvalue weighted by atomic mass is 10.3. The Bertz CT molecular complexity index is 860. The Morgan fingerprint density at radius 1 is 1.18 bits per heavy atom. The van der Waals surface area contributed by atoms with Crippen molar-refractivity contribution in [1.82, 2.24) is 30.4 Å². The van der Waals surface area contributed by atoms with Gasteiger partial charge in [-0.1, -0.05) is 25.1 Å². The molecule has 0 aliphatic heterocycles. The fourth-order valence-corrected chi connectivity index (χ4v) is 3.44. The molecule has 0 spiro atoms. The van der Waals surface area contributed by atoms with E-state index < -0.39 is 0 Å². The van der Waals surface area contributed by atoms with E-state index in [-0.39, 0.29) is 24.0 Å². The SMILES string of the molecule is CCNC(=NCc1nncn1-c1ccccc1)NCCc1ncc(CC)s1.I. The molecule has 7 nitrogen and oxygen atoms in total. The van der Waals surface area contributed by atoms with E-state index in [1.165, 1.54) is 4.88 Å². The van der Waals surface area contributed by atoms with Crippen molar-refractivity contribution in [3.63, 3.8) is 0 Å². The summed E-state index contributed by atoms with van der Waals surface area (Å²) in [5.74, 6) is 1.57. The Labute approximate surface area is 186 Å². The summed E-state index contributed by atoms with van der Waals surface area (Å²) in [6.45, 7) is 6.24. The van der Waals surface area contributed by atoms with Crippen LogP contribution in [0.1, 0.15) is 29.6 Å². The monoisotopic (exact) mass is 511 g/mol. The Morgan fingerprint density at radius 2 is 2.00 bits per heavy atom. The van der Waals surface area contributed by atoms with Gasteiger partial charge in [0.1, 0.15) is 12.9 Å². The van der Waals surface area contributed by atoms with E-state index in [2.05, 4.69) is 44.7 Å². The van der Waals surface area contributed by atoms with E-state index in [1.54, 1.807) is 17.7 Å². The predicted molar refractivity (Wildman–Crippen MR) is 125 cm³/mol. The van der Waals surface area contributed by atoms with Gasteiger partial charge in [0, 0.05) is 36.3 Å². The lowest BCUT2D eigenvalue weighted by Crippen LogP contribution is -2.38. The van der Waals surface area contributed by atoms with Crippen LogP contribution in [0.25, 0.3) is 5.69 Å². The first-order valence-corrected chi connectivity index (χ1v) is 10.0. The molecule has 2 aromatic heterocycles. The van der Waals surface area contributed by atoms with Gasteiger partial charge in [-0.25, -0.2) is 9.98 Å². The van der Waals surface area contributed by atoms with Crippen LogP contribution in [0.15, 0.2) is 47.8 Å². The quantitative estimate of drug-likeness (QED) is 0.276. The number of para-hydroxylation sites is 1. The number of guanidine groups is 1. The summed E-state index contributed by atoms with van der Waals surface area (Å²) in [6, 6.07) is 10.0.